The molecule has 0 radical (unpaired) electrons. The van der Waals surface area contributed by atoms with Crippen LogP contribution >= 0.6 is 15.9 Å². The Morgan fingerprint density at radius 3 is 2.24 bits per heavy atom. The van der Waals surface area contributed by atoms with E-state index in [0.29, 0.717) is 5.69 Å². The molecule has 0 aliphatic heterocycles. The van der Waals surface area contributed by atoms with Crippen LogP contribution in [0.5, 0.6) is 0 Å². The van der Waals surface area contributed by atoms with E-state index >= 15 is 0 Å². The molecule has 0 unspecified atom stereocenters. The van der Waals surface area contributed by atoms with Gasteiger partial charge in [-0.15, -0.1) is 0 Å². The van der Waals surface area contributed by atoms with Gasteiger partial charge in [0.25, 0.3) is 0 Å². The summed E-state index contributed by atoms with van der Waals surface area (Å²) in [7, 11) is 0. The number of hydrogen-bond acceptors (Lipinski definition) is 2. The minimum atomic E-state index is -0.657. The highest BCUT2D eigenvalue weighted by Crippen LogP contribution is 2.26. The Kier molecular flexibility index (Phi) is 5.56. The fourth-order valence-corrected chi connectivity index (χ4v) is 2.89. The molecule has 0 bridgehead atoms. The Morgan fingerprint density at radius 1 is 1.10 bits per heavy atom. The molecule has 0 saturated heterocycles. The Hall–Kier alpha value is -1.36. The van der Waals surface area contributed by atoms with Gasteiger partial charge < -0.3 is 10.6 Å². The van der Waals surface area contributed by atoms with E-state index in [4.69, 9.17) is 0 Å². The van der Waals surface area contributed by atoms with E-state index in [1.807, 2.05) is 19.9 Å². The van der Waals surface area contributed by atoms with Crippen LogP contribution in [-0.2, 0) is 9.59 Å². The molecule has 0 heterocycles. The third kappa shape index (κ3) is 6.76. The molecule has 0 fully saturated rings. The summed E-state index contributed by atoms with van der Waals surface area (Å²) in [5, 5.41) is 5.37. The standard InChI is InChI=1S/C16H23BrN2O2/c1-15(2,3)10-16(4,5)19-14(21)13(20)18-12-8-6-7-11(17)9-12/h6-9H,10H2,1-5H3,(H,18,20)(H,19,21). The zero-order valence-corrected chi connectivity index (χ0v) is 14.8. The van der Waals surface area contributed by atoms with Crippen molar-refractivity contribution in [2.75, 3.05) is 5.32 Å². The van der Waals surface area contributed by atoms with Gasteiger partial charge in [0.1, 0.15) is 0 Å². The maximum absolute atomic E-state index is 12.0. The van der Waals surface area contributed by atoms with Crippen molar-refractivity contribution in [2.45, 2.75) is 46.6 Å². The van der Waals surface area contributed by atoms with Crippen molar-refractivity contribution in [3.05, 3.63) is 28.7 Å². The topological polar surface area (TPSA) is 58.2 Å². The number of halogens is 1. The predicted molar refractivity (Wildman–Crippen MR) is 89.1 cm³/mol. The van der Waals surface area contributed by atoms with E-state index in [1.165, 1.54) is 0 Å². The zero-order chi connectivity index (χ0) is 16.3. The first-order valence-electron chi connectivity index (χ1n) is 6.88. The number of benzene rings is 1. The first kappa shape index (κ1) is 17.7. The van der Waals surface area contributed by atoms with E-state index in [9.17, 15) is 9.59 Å². The maximum atomic E-state index is 12.0. The predicted octanol–water partition coefficient (Wildman–Crippen LogP) is 3.72. The molecule has 2 N–H and O–H groups in total. The molecule has 2 amide bonds. The monoisotopic (exact) mass is 354 g/mol. The van der Waals surface area contributed by atoms with Crippen molar-refractivity contribution in [3.63, 3.8) is 0 Å². The second-order valence-corrected chi connectivity index (χ2v) is 7.96. The number of carbonyl (C=O) groups is 2. The molecule has 1 rings (SSSR count). The number of carbonyl (C=O) groups excluding carboxylic acids is 2. The third-order valence-corrected chi connectivity index (χ3v) is 3.21. The summed E-state index contributed by atoms with van der Waals surface area (Å²) in [4.78, 5) is 23.9. The molecule has 116 valence electrons. The van der Waals surface area contributed by atoms with Crippen LogP contribution in [0.3, 0.4) is 0 Å². The minimum absolute atomic E-state index is 0.0670. The molecule has 0 aromatic heterocycles. The van der Waals surface area contributed by atoms with Gasteiger partial charge in [-0.1, -0.05) is 42.8 Å². The number of amides is 2. The van der Waals surface area contributed by atoms with Crippen LogP contribution in [0.25, 0.3) is 0 Å². The quantitative estimate of drug-likeness (QED) is 0.812. The Morgan fingerprint density at radius 2 is 1.71 bits per heavy atom. The zero-order valence-electron chi connectivity index (χ0n) is 13.2. The molecule has 0 spiro atoms. The molecular formula is C16H23BrN2O2. The summed E-state index contributed by atoms with van der Waals surface area (Å²) < 4.78 is 0.841. The summed E-state index contributed by atoms with van der Waals surface area (Å²) in [5.41, 5.74) is 0.208. The highest BCUT2D eigenvalue weighted by molar-refractivity contribution is 9.10. The van der Waals surface area contributed by atoms with Gasteiger partial charge in [-0.2, -0.15) is 0 Å². The van der Waals surface area contributed by atoms with Gasteiger partial charge in [0.15, 0.2) is 0 Å². The second kappa shape index (κ2) is 6.60. The summed E-state index contributed by atoms with van der Waals surface area (Å²) in [5.74, 6) is -1.28. The van der Waals surface area contributed by atoms with Crippen LogP contribution in [0.2, 0.25) is 0 Å². The minimum Gasteiger partial charge on any atom is -0.343 e. The number of hydrogen-bond donors (Lipinski definition) is 2. The van der Waals surface area contributed by atoms with Crippen LogP contribution in [0, 0.1) is 5.41 Å². The molecule has 0 atom stereocenters. The van der Waals surface area contributed by atoms with Gasteiger partial charge >= 0.3 is 11.8 Å². The van der Waals surface area contributed by atoms with Crippen molar-refractivity contribution in [2.24, 2.45) is 5.41 Å². The van der Waals surface area contributed by atoms with Crippen LogP contribution in [-0.4, -0.2) is 17.4 Å². The fraction of sp³-hybridized carbons (Fsp3) is 0.500. The fourth-order valence-electron chi connectivity index (χ4n) is 2.49. The largest absolute Gasteiger partial charge is 0.343 e. The number of anilines is 1. The van der Waals surface area contributed by atoms with Gasteiger partial charge in [0.2, 0.25) is 0 Å². The van der Waals surface area contributed by atoms with Gasteiger partial charge in [0.05, 0.1) is 0 Å². The van der Waals surface area contributed by atoms with Crippen molar-refractivity contribution >= 4 is 33.4 Å². The SMILES string of the molecule is CC(C)(C)CC(C)(C)NC(=O)C(=O)Nc1cccc(Br)c1. The molecule has 21 heavy (non-hydrogen) atoms. The lowest BCUT2D eigenvalue weighted by molar-refractivity contribution is -0.137. The van der Waals surface area contributed by atoms with Crippen molar-refractivity contribution in [1.82, 2.24) is 5.32 Å². The molecular weight excluding hydrogens is 332 g/mol. The van der Waals surface area contributed by atoms with Crippen LogP contribution in [0.15, 0.2) is 28.7 Å². The average Bonchev–Trinajstić information content (AvgIpc) is 2.24. The molecule has 5 heteroatoms. The normalized spacial score (nSPS) is 11.9. The Balaban J connectivity index is 2.65. The lowest BCUT2D eigenvalue weighted by Crippen LogP contribution is -2.49. The first-order valence-corrected chi connectivity index (χ1v) is 7.67. The Bertz CT molecular complexity index is 533. The van der Waals surface area contributed by atoms with Gasteiger partial charge in [-0.3, -0.25) is 9.59 Å². The molecule has 1 aromatic carbocycles. The van der Waals surface area contributed by atoms with Crippen molar-refractivity contribution in [1.29, 1.82) is 0 Å². The summed E-state index contributed by atoms with van der Waals surface area (Å²) in [6, 6.07) is 7.12. The lowest BCUT2D eigenvalue weighted by Gasteiger charge is -2.33. The van der Waals surface area contributed by atoms with Crippen molar-refractivity contribution in [3.8, 4) is 0 Å². The van der Waals surface area contributed by atoms with Gasteiger partial charge in [0, 0.05) is 15.7 Å². The summed E-state index contributed by atoms with van der Waals surface area (Å²) in [6.07, 6.45) is 0.774. The molecule has 4 nitrogen and oxygen atoms in total. The van der Waals surface area contributed by atoms with E-state index in [0.717, 1.165) is 10.9 Å². The number of nitrogens with one attached hydrogen (secondary N) is 2. The van der Waals surface area contributed by atoms with E-state index < -0.39 is 17.4 Å². The lowest BCUT2D eigenvalue weighted by atomic mass is 9.82. The summed E-state index contributed by atoms with van der Waals surface area (Å²) in [6.45, 7) is 10.1. The van der Waals surface area contributed by atoms with Gasteiger partial charge in [-0.25, -0.2) is 0 Å². The van der Waals surface area contributed by atoms with E-state index in [-0.39, 0.29) is 5.41 Å². The van der Waals surface area contributed by atoms with E-state index in [2.05, 4.69) is 47.3 Å². The van der Waals surface area contributed by atoms with Crippen LogP contribution in [0.1, 0.15) is 41.0 Å². The smallest absolute Gasteiger partial charge is 0.313 e. The van der Waals surface area contributed by atoms with Crippen molar-refractivity contribution < 1.29 is 9.59 Å². The molecule has 0 aliphatic rings. The second-order valence-electron chi connectivity index (χ2n) is 7.04. The third-order valence-electron chi connectivity index (χ3n) is 2.71. The first-order chi connectivity index (χ1) is 9.48. The highest BCUT2D eigenvalue weighted by Gasteiger charge is 2.29. The van der Waals surface area contributed by atoms with Crippen LogP contribution < -0.4 is 10.6 Å². The van der Waals surface area contributed by atoms with E-state index in [1.54, 1.807) is 18.2 Å². The Labute approximate surface area is 134 Å². The average molecular weight is 355 g/mol. The molecule has 0 saturated carbocycles. The molecule has 1 aromatic rings. The summed E-state index contributed by atoms with van der Waals surface area (Å²) >= 11 is 3.32. The maximum Gasteiger partial charge on any atom is 0.313 e. The highest BCUT2D eigenvalue weighted by atomic mass is 79.9. The van der Waals surface area contributed by atoms with Gasteiger partial charge in [-0.05, 0) is 43.9 Å². The molecule has 0 aliphatic carbocycles. The van der Waals surface area contributed by atoms with Crippen LogP contribution in [0.4, 0.5) is 5.69 Å². The number of rotatable bonds is 3.